The largest absolute Gasteiger partial charge is 0.370 e. The first-order valence-electron chi connectivity index (χ1n) is 7.24. The predicted molar refractivity (Wildman–Crippen MR) is 77.7 cm³/mol. The van der Waals surface area contributed by atoms with Crippen LogP contribution in [-0.4, -0.2) is 36.0 Å². The summed E-state index contributed by atoms with van der Waals surface area (Å²) >= 11 is 0. The van der Waals surface area contributed by atoms with E-state index in [4.69, 9.17) is 0 Å². The number of aromatic nitrogens is 2. The molecule has 0 aliphatic carbocycles. The van der Waals surface area contributed by atoms with Gasteiger partial charge in [0.05, 0.1) is 18.4 Å². The van der Waals surface area contributed by atoms with Crippen LogP contribution in [0.3, 0.4) is 0 Å². The Bertz CT molecular complexity index is 447. The molecule has 0 saturated carbocycles. The Morgan fingerprint density at radius 3 is 2.68 bits per heavy atom. The molecular weight excluding hydrogens is 240 g/mol. The minimum absolute atomic E-state index is 0.00299. The van der Waals surface area contributed by atoms with E-state index in [2.05, 4.69) is 22.2 Å². The van der Waals surface area contributed by atoms with E-state index in [1.165, 1.54) is 19.3 Å². The van der Waals surface area contributed by atoms with Crippen molar-refractivity contribution >= 4 is 5.69 Å². The lowest BCUT2D eigenvalue weighted by molar-refractivity contribution is 0.429. The Kier molecular flexibility index (Phi) is 4.96. The Morgan fingerprint density at radius 1 is 1.37 bits per heavy atom. The average molecular weight is 264 g/mol. The van der Waals surface area contributed by atoms with Crippen molar-refractivity contribution in [3.05, 3.63) is 22.6 Å². The fourth-order valence-electron chi connectivity index (χ4n) is 2.52. The summed E-state index contributed by atoms with van der Waals surface area (Å²) in [4.78, 5) is 14.4. The lowest BCUT2D eigenvalue weighted by Crippen LogP contribution is -2.36. The van der Waals surface area contributed by atoms with Gasteiger partial charge in [-0.25, -0.2) is 4.68 Å². The zero-order chi connectivity index (χ0) is 13.7. The van der Waals surface area contributed by atoms with Crippen molar-refractivity contribution in [1.82, 2.24) is 15.1 Å². The number of hydrogen-bond acceptors (Lipinski definition) is 4. The maximum absolute atomic E-state index is 12.1. The predicted octanol–water partition coefficient (Wildman–Crippen LogP) is 1.23. The summed E-state index contributed by atoms with van der Waals surface area (Å²) in [5.41, 5.74) is 0.968. The van der Waals surface area contributed by atoms with Crippen LogP contribution < -0.4 is 15.8 Å². The van der Waals surface area contributed by atoms with Gasteiger partial charge < -0.3 is 10.2 Å². The molecule has 0 spiro atoms. The standard InChI is InChI=1S/C14H24N4O/c1-3-12(15-2)11-18-14(19)9-13(10-16-18)17-7-5-4-6-8-17/h9-10,12,15H,3-8,11H2,1-2H3. The highest BCUT2D eigenvalue weighted by Gasteiger charge is 2.13. The molecule has 1 aliphatic heterocycles. The van der Waals surface area contributed by atoms with E-state index in [-0.39, 0.29) is 5.56 Å². The van der Waals surface area contributed by atoms with Gasteiger partial charge in [-0.2, -0.15) is 5.10 Å². The van der Waals surface area contributed by atoms with Crippen LogP contribution in [0.2, 0.25) is 0 Å². The summed E-state index contributed by atoms with van der Waals surface area (Å²) in [6, 6.07) is 2.02. The van der Waals surface area contributed by atoms with Gasteiger partial charge in [0.1, 0.15) is 0 Å². The smallest absolute Gasteiger partial charge is 0.268 e. The van der Waals surface area contributed by atoms with Crippen molar-refractivity contribution in [2.24, 2.45) is 0 Å². The van der Waals surface area contributed by atoms with Crippen molar-refractivity contribution in [1.29, 1.82) is 0 Å². The molecule has 1 aromatic heterocycles. The molecule has 19 heavy (non-hydrogen) atoms. The second-order valence-corrected chi connectivity index (χ2v) is 5.18. The SMILES string of the molecule is CCC(Cn1ncc(N2CCCCC2)cc1=O)NC. The highest BCUT2D eigenvalue weighted by Crippen LogP contribution is 2.16. The van der Waals surface area contributed by atoms with Gasteiger partial charge in [-0.3, -0.25) is 4.79 Å². The number of hydrogen-bond donors (Lipinski definition) is 1. The summed E-state index contributed by atoms with van der Waals surface area (Å²) in [5, 5.41) is 7.51. The molecule has 106 valence electrons. The first kappa shape index (κ1) is 14.1. The molecule has 0 aromatic carbocycles. The van der Waals surface area contributed by atoms with Gasteiger partial charge in [-0.1, -0.05) is 6.92 Å². The molecule has 0 bridgehead atoms. The third kappa shape index (κ3) is 3.56. The number of piperidine rings is 1. The molecule has 1 unspecified atom stereocenters. The third-order valence-electron chi connectivity index (χ3n) is 3.87. The van der Waals surface area contributed by atoms with Crippen LogP contribution in [0.15, 0.2) is 17.1 Å². The first-order valence-corrected chi connectivity index (χ1v) is 7.24. The fraction of sp³-hybridized carbons (Fsp3) is 0.714. The van der Waals surface area contributed by atoms with E-state index in [0.717, 1.165) is 25.2 Å². The molecule has 1 fully saturated rings. The number of likely N-dealkylation sites (N-methyl/N-ethyl adjacent to an activating group) is 1. The number of anilines is 1. The molecule has 1 N–H and O–H groups in total. The lowest BCUT2D eigenvalue weighted by atomic mass is 10.1. The van der Waals surface area contributed by atoms with Gasteiger partial charge in [0.15, 0.2) is 0 Å². The molecule has 5 nitrogen and oxygen atoms in total. The van der Waals surface area contributed by atoms with Gasteiger partial charge >= 0.3 is 0 Å². The molecule has 2 heterocycles. The van der Waals surface area contributed by atoms with Crippen molar-refractivity contribution in [2.75, 3.05) is 25.0 Å². The van der Waals surface area contributed by atoms with Gasteiger partial charge in [0, 0.05) is 25.2 Å². The van der Waals surface area contributed by atoms with Gasteiger partial charge in [-0.05, 0) is 32.7 Å². The van der Waals surface area contributed by atoms with Crippen LogP contribution in [0, 0.1) is 0 Å². The zero-order valence-electron chi connectivity index (χ0n) is 11.9. The number of nitrogens with one attached hydrogen (secondary N) is 1. The molecule has 1 atom stereocenters. The van der Waals surface area contributed by atoms with Crippen molar-refractivity contribution < 1.29 is 0 Å². The van der Waals surface area contributed by atoms with E-state index in [1.807, 2.05) is 13.2 Å². The van der Waals surface area contributed by atoms with Gasteiger partial charge in [0.2, 0.25) is 0 Å². The average Bonchev–Trinajstić information content (AvgIpc) is 2.47. The quantitative estimate of drug-likeness (QED) is 0.869. The zero-order valence-corrected chi connectivity index (χ0v) is 11.9. The number of rotatable bonds is 5. The Hall–Kier alpha value is -1.36. The Morgan fingerprint density at radius 2 is 2.11 bits per heavy atom. The van der Waals surface area contributed by atoms with Crippen molar-refractivity contribution in [3.63, 3.8) is 0 Å². The van der Waals surface area contributed by atoms with Gasteiger partial charge in [0.25, 0.3) is 5.56 Å². The second kappa shape index (κ2) is 6.70. The first-order chi connectivity index (χ1) is 9.24. The molecule has 5 heteroatoms. The molecule has 0 radical (unpaired) electrons. The lowest BCUT2D eigenvalue weighted by Gasteiger charge is -2.28. The van der Waals surface area contributed by atoms with Crippen LogP contribution in [-0.2, 0) is 6.54 Å². The number of nitrogens with zero attached hydrogens (tertiary/aromatic N) is 3. The van der Waals surface area contributed by atoms with E-state index in [9.17, 15) is 4.79 Å². The highest BCUT2D eigenvalue weighted by molar-refractivity contribution is 5.43. The van der Waals surface area contributed by atoms with Crippen LogP contribution in [0.4, 0.5) is 5.69 Å². The maximum Gasteiger partial charge on any atom is 0.268 e. The molecule has 1 aliphatic rings. The van der Waals surface area contributed by atoms with E-state index in [1.54, 1.807) is 10.7 Å². The summed E-state index contributed by atoms with van der Waals surface area (Å²) < 4.78 is 1.55. The molecular formula is C14H24N4O. The molecule has 0 amide bonds. The maximum atomic E-state index is 12.1. The normalized spacial score (nSPS) is 17.5. The van der Waals surface area contributed by atoms with Gasteiger partial charge in [-0.15, -0.1) is 0 Å². The van der Waals surface area contributed by atoms with E-state index >= 15 is 0 Å². The highest BCUT2D eigenvalue weighted by atomic mass is 16.1. The van der Waals surface area contributed by atoms with Crippen molar-refractivity contribution in [2.45, 2.75) is 45.2 Å². The summed E-state index contributed by atoms with van der Waals surface area (Å²) in [5.74, 6) is 0. The fourth-order valence-corrected chi connectivity index (χ4v) is 2.52. The van der Waals surface area contributed by atoms with Crippen molar-refractivity contribution in [3.8, 4) is 0 Å². The van der Waals surface area contributed by atoms with E-state index in [0.29, 0.717) is 12.6 Å². The molecule has 1 saturated heterocycles. The Balaban J connectivity index is 2.10. The summed E-state index contributed by atoms with van der Waals surface area (Å²) in [6.45, 7) is 4.82. The topological polar surface area (TPSA) is 50.2 Å². The summed E-state index contributed by atoms with van der Waals surface area (Å²) in [6.07, 6.45) is 6.52. The molecule has 2 rings (SSSR count). The van der Waals surface area contributed by atoms with Crippen LogP contribution >= 0.6 is 0 Å². The minimum atomic E-state index is -0.00299. The summed E-state index contributed by atoms with van der Waals surface area (Å²) in [7, 11) is 1.92. The minimum Gasteiger partial charge on any atom is -0.370 e. The monoisotopic (exact) mass is 264 g/mol. The van der Waals surface area contributed by atoms with Crippen LogP contribution in [0.5, 0.6) is 0 Å². The van der Waals surface area contributed by atoms with Crippen LogP contribution in [0.25, 0.3) is 0 Å². The third-order valence-corrected chi connectivity index (χ3v) is 3.87. The second-order valence-electron chi connectivity index (χ2n) is 5.18. The van der Waals surface area contributed by atoms with Crippen LogP contribution in [0.1, 0.15) is 32.6 Å². The Labute approximate surface area is 114 Å². The molecule has 1 aromatic rings. The van der Waals surface area contributed by atoms with E-state index < -0.39 is 0 Å².